The zero-order valence-electron chi connectivity index (χ0n) is 15.3. The molecular weight excluding hydrogens is 378 g/mol. The van der Waals surface area contributed by atoms with Gasteiger partial charge in [0.2, 0.25) is 5.91 Å². The number of amides is 1. The maximum Gasteiger partial charge on any atom is 0.273 e. The van der Waals surface area contributed by atoms with E-state index in [0.29, 0.717) is 17.3 Å². The van der Waals surface area contributed by atoms with Crippen LogP contribution >= 0.6 is 11.3 Å². The highest BCUT2D eigenvalue weighted by molar-refractivity contribution is 7.14. The van der Waals surface area contributed by atoms with E-state index in [1.165, 1.54) is 17.4 Å². The van der Waals surface area contributed by atoms with Crippen molar-refractivity contribution in [3.63, 3.8) is 0 Å². The number of para-hydroxylation sites is 1. The molecule has 144 valence electrons. The first kappa shape index (κ1) is 19.5. The molecule has 0 fully saturated rings. The van der Waals surface area contributed by atoms with Crippen molar-refractivity contribution in [2.24, 2.45) is 0 Å². The highest BCUT2D eigenvalue weighted by Gasteiger charge is 2.16. The summed E-state index contributed by atoms with van der Waals surface area (Å²) in [6, 6.07) is 13.8. The van der Waals surface area contributed by atoms with Crippen LogP contribution in [0.15, 0.2) is 53.9 Å². The van der Waals surface area contributed by atoms with Crippen LogP contribution in [0.2, 0.25) is 0 Å². The molecule has 8 heteroatoms. The van der Waals surface area contributed by atoms with Crippen molar-refractivity contribution in [1.29, 1.82) is 0 Å². The maximum absolute atomic E-state index is 12.3. The van der Waals surface area contributed by atoms with Gasteiger partial charge in [-0.05, 0) is 30.7 Å². The number of nitrogens with zero attached hydrogens (tertiary/aromatic N) is 2. The molecule has 3 rings (SSSR count). The number of nitro benzene ring substituents is 1. The zero-order valence-corrected chi connectivity index (χ0v) is 16.1. The number of ether oxygens (including phenoxy) is 1. The van der Waals surface area contributed by atoms with E-state index in [9.17, 15) is 14.9 Å². The number of carbonyl (C=O) groups is 1. The molecule has 0 radical (unpaired) electrons. The van der Waals surface area contributed by atoms with E-state index < -0.39 is 4.92 Å². The number of hydrogen-bond donors (Lipinski definition) is 1. The lowest BCUT2D eigenvalue weighted by molar-refractivity contribution is -0.385. The summed E-state index contributed by atoms with van der Waals surface area (Å²) in [6.45, 7) is 2.72. The third kappa shape index (κ3) is 4.92. The number of thiazole rings is 1. The minimum Gasteiger partial charge on any atom is -0.494 e. The van der Waals surface area contributed by atoms with Crippen LogP contribution in [0.25, 0.3) is 11.3 Å². The molecule has 7 nitrogen and oxygen atoms in total. The number of nitrogens with one attached hydrogen (secondary N) is 1. The first-order valence-corrected chi connectivity index (χ1v) is 9.65. The molecule has 0 saturated heterocycles. The predicted molar refractivity (Wildman–Crippen MR) is 109 cm³/mol. The fourth-order valence-corrected chi connectivity index (χ4v) is 3.32. The first-order chi connectivity index (χ1) is 13.6. The van der Waals surface area contributed by atoms with Gasteiger partial charge < -0.3 is 10.1 Å². The second-order valence-corrected chi connectivity index (χ2v) is 6.88. The summed E-state index contributed by atoms with van der Waals surface area (Å²) in [5, 5.41) is 16.1. The number of carbonyl (C=O) groups excluding carboxylic acids is 1. The number of benzene rings is 2. The molecule has 0 spiro atoms. The summed E-state index contributed by atoms with van der Waals surface area (Å²) >= 11 is 1.30. The number of hydrogen-bond acceptors (Lipinski definition) is 6. The average molecular weight is 397 g/mol. The van der Waals surface area contributed by atoms with Crippen molar-refractivity contribution >= 4 is 28.1 Å². The fraction of sp³-hybridized carbons (Fsp3) is 0.200. The Labute approximate surface area is 166 Å². The summed E-state index contributed by atoms with van der Waals surface area (Å²) in [4.78, 5) is 27.3. The normalized spacial score (nSPS) is 10.5. The smallest absolute Gasteiger partial charge is 0.273 e. The Kier molecular flexibility index (Phi) is 6.33. The first-order valence-electron chi connectivity index (χ1n) is 8.77. The largest absolute Gasteiger partial charge is 0.494 e. The molecule has 0 saturated carbocycles. The third-order valence-corrected chi connectivity index (χ3v) is 4.67. The van der Waals surface area contributed by atoms with Crippen LogP contribution in [-0.4, -0.2) is 22.4 Å². The summed E-state index contributed by atoms with van der Waals surface area (Å²) in [6.07, 6.45) is 0.860. The SMILES string of the molecule is CCCOc1ccc(-c2csc(NC(=O)Cc3ccccc3[N+](=O)[O-])n2)cc1. The Hall–Kier alpha value is -3.26. The minimum absolute atomic E-state index is 0.0668. The van der Waals surface area contributed by atoms with Crippen LogP contribution < -0.4 is 10.1 Å². The lowest BCUT2D eigenvalue weighted by Gasteiger charge is -2.05. The van der Waals surface area contributed by atoms with Gasteiger partial charge in [0.25, 0.3) is 5.69 Å². The van der Waals surface area contributed by atoms with Gasteiger partial charge in [0, 0.05) is 22.6 Å². The van der Waals surface area contributed by atoms with Gasteiger partial charge in [0.1, 0.15) is 5.75 Å². The molecule has 1 heterocycles. The van der Waals surface area contributed by atoms with Crippen molar-refractivity contribution in [2.75, 3.05) is 11.9 Å². The molecule has 1 aromatic heterocycles. The van der Waals surface area contributed by atoms with Gasteiger partial charge in [-0.15, -0.1) is 11.3 Å². The topological polar surface area (TPSA) is 94.4 Å². The predicted octanol–water partition coefficient (Wildman–Crippen LogP) is 4.69. The van der Waals surface area contributed by atoms with Gasteiger partial charge in [-0.2, -0.15) is 0 Å². The molecule has 3 aromatic rings. The van der Waals surface area contributed by atoms with Gasteiger partial charge in [-0.1, -0.05) is 25.1 Å². The zero-order chi connectivity index (χ0) is 19.9. The van der Waals surface area contributed by atoms with E-state index in [0.717, 1.165) is 23.4 Å². The van der Waals surface area contributed by atoms with Crippen molar-refractivity contribution in [3.05, 3.63) is 69.6 Å². The van der Waals surface area contributed by atoms with Crippen molar-refractivity contribution < 1.29 is 14.5 Å². The monoisotopic (exact) mass is 397 g/mol. The molecule has 2 aromatic carbocycles. The second kappa shape index (κ2) is 9.09. The average Bonchev–Trinajstić information content (AvgIpc) is 3.15. The van der Waals surface area contributed by atoms with E-state index in [4.69, 9.17) is 4.74 Å². The molecule has 0 atom stereocenters. The molecule has 1 amide bonds. The van der Waals surface area contributed by atoms with Gasteiger partial charge in [0.15, 0.2) is 5.13 Å². The number of aromatic nitrogens is 1. The molecule has 1 N–H and O–H groups in total. The Balaban J connectivity index is 1.64. The second-order valence-electron chi connectivity index (χ2n) is 6.02. The van der Waals surface area contributed by atoms with Gasteiger partial charge in [-0.3, -0.25) is 14.9 Å². The standard InChI is InChI=1S/C20H19N3O4S/c1-2-11-27-16-9-7-14(8-10-16)17-13-28-20(21-17)22-19(24)12-15-5-3-4-6-18(15)23(25)26/h3-10,13H,2,11-12H2,1H3,(H,21,22,24). The molecular formula is C20H19N3O4S. The van der Waals surface area contributed by atoms with E-state index in [-0.39, 0.29) is 18.0 Å². The van der Waals surface area contributed by atoms with Gasteiger partial charge >= 0.3 is 0 Å². The lowest BCUT2D eigenvalue weighted by Crippen LogP contribution is -2.15. The van der Waals surface area contributed by atoms with Gasteiger partial charge in [0.05, 0.1) is 23.6 Å². The maximum atomic E-state index is 12.3. The van der Waals surface area contributed by atoms with Crippen LogP contribution in [0.5, 0.6) is 5.75 Å². The number of anilines is 1. The van der Waals surface area contributed by atoms with Crippen LogP contribution in [-0.2, 0) is 11.2 Å². The van der Waals surface area contributed by atoms with E-state index in [2.05, 4.69) is 17.2 Å². The molecule has 0 unspecified atom stereocenters. The molecule has 0 bridgehead atoms. The lowest BCUT2D eigenvalue weighted by atomic mass is 10.1. The molecule has 0 aliphatic carbocycles. The summed E-state index contributed by atoms with van der Waals surface area (Å²) < 4.78 is 5.56. The minimum atomic E-state index is -0.488. The van der Waals surface area contributed by atoms with Crippen molar-refractivity contribution in [3.8, 4) is 17.0 Å². The Bertz CT molecular complexity index is 970. The number of rotatable bonds is 8. The van der Waals surface area contributed by atoms with Gasteiger partial charge in [-0.25, -0.2) is 4.98 Å². The van der Waals surface area contributed by atoms with Crippen LogP contribution in [0, 0.1) is 10.1 Å². The Morgan fingerprint density at radius 2 is 1.96 bits per heavy atom. The van der Waals surface area contributed by atoms with Crippen LogP contribution in [0.3, 0.4) is 0 Å². The molecule has 28 heavy (non-hydrogen) atoms. The molecule has 0 aliphatic heterocycles. The van der Waals surface area contributed by atoms with Crippen LogP contribution in [0.4, 0.5) is 10.8 Å². The Morgan fingerprint density at radius 1 is 1.21 bits per heavy atom. The summed E-state index contributed by atoms with van der Waals surface area (Å²) in [5.41, 5.74) is 1.96. The fourth-order valence-electron chi connectivity index (χ4n) is 2.58. The highest BCUT2D eigenvalue weighted by atomic mass is 32.1. The van der Waals surface area contributed by atoms with Crippen LogP contribution in [0.1, 0.15) is 18.9 Å². The Morgan fingerprint density at radius 3 is 2.68 bits per heavy atom. The summed E-state index contributed by atoms with van der Waals surface area (Å²) in [7, 11) is 0. The third-order valence-electron chi connectivity index (χ3n) is 3.91. The van der Waals surface area contributed by atoms with E-state index in [1.807, 2.05) is 29.6 Å². The quantitative estimate of drug-likeness (QED) is 0.440. The van der Waals surface area contributed by atoms with Crippen molar-refractivity contribution in [2.45, 2.75) is 19.8 Å². The molecule has 0 aliphatic rings. The van der Waals surface area contributed by atoms with Crippen molar-refractivity contribution in [1.82, 2.24) is 4.98 Å². The number of nitro groups is 1. The summed E-state index contributed by atoms with van der Waals surface area (Å²) in [5.74, 6) is 0.456. The van der Waals surface area contributed by atoms with E-state index in [1.54, 1.807) is 18.2 Å². The van der Waals surface area contributed by atoms with E-state index >= 15 is 0 Å². The highest BCUT2D eigenvalue weighted by Crippen LogP contribution is 2.27.